The highest BCUT2D eigenvalue weighted by Gasteiger charge is 2.25. The monoisotopic (exact) mass is 531 g/mol. The fourth-order valence-electron chi connectivity index (χ4n) is 3.74. The van der Waals surface area contributed by atoms with Crippen molar-refractivity contribution in [2.24, 2.45) is 5.92 Å². The SMILES string of the molecule is Cc1cc(Br)ccc1Nc1c(C(=O)NOCC2CC2)cc2c(ncn2CCCNC(C)C)c1F. The van der Waals surface area contributed by atoms with Crippen molar-refractivity contribution < 1.29 is 14.0 Å². The first-order valence-electron chi connectivity index (χ1n) is 11.7. The molecule has 0 atom stereocenters. The van der Waals surface area contributed by atoms with Gasteiger partial charge in [-0.25, -0.2) is 14.9 Å². The molecule has 1 aliphatic carbocycles. The van der Waals surface area contributed by atoms with Gasteiger partial charge >= 0.3 is 0 Å². The molecule has 0 unspecified atom stereocenters. The molecule has 0 aliphatic heterocycles. The molecule has 3 N–H and O–H groups in total. The highest BCUT2D eigenvalue weighted by molar-refractivity contribution is 9.10. The molecular weight excluding hydrogens is 501 g/mol. The first kappa shape index (κ1) is 24.6. The standard InChI is InChI=1S/C25H31BrFN5O2/c1-15(2)28-9-4-10-32-14-29-24-21(32)12-19(25(33)31-34-13-17-5-6-17)23(22(24)27)30-20-8-7-18(26)11-16(20)3/h7-8,11-12,14-15,17,28,30H,4-6,9-10,13H2,1-3H3,(H,31,33). The molecule has 0 spiro atoms. The van der Waals surface area contributed by atoms with Gasteiger partial charge in [0, 0.05) is 22.7 Å². The number of halogens is 2. The quantitative estimate of drug-likeness (QED) is 0.226. The van der Waals surface area contributed by atoms with E-state index in [1.54, 1.807) is 12.4 Å². The number of aromatic nitrogens is 2. The van der Waals surface area contributed by atoms with Crippen molar-refractivity contribution in [3.05, 3.63) is 52.0 Å². The summed E-state index contributed by atoms with van der Waals surface area (Å²) in [6, 6.07) is 7.72. The van der Waals surface area contributed by atoms with Crippen LogP contribution in [-0.4, -0.2) is 34.7 Å². The lowest BCUT2D eigenvalue weighted by atomic mass is 10.1. The summed E-state index contributed by atoms with van der Waals surface area (Å²) < 4.78 is 18.6. The number of fused-ring (bicyclic) bond motifs is 1. The minimum absolute atomic E-state index is 0.0807. The molecule has 3 aromatic rings. The Bertz CT molecular complexity index is 1180. The lowest BCUT2D eigenvalue weighted by Gasteiger charge is -2.16. The van der Waals surface area contributed by atoms with E-state index in [1.165, 1.54) is 0 Å². The van der Waals surface area contributed by atoms with E-state index < -0.39 is 11.7 Å². The Kier molecular flexibility index (Phi) is 7.85. The molecule has 34 heavy (non-hydrogen) atoms. The van der Waals surface area contributed by atoms with E-state index in [9.17, 15) is 4.79 Å². The second kappa shape index (κ2) is 10.8. The lowest BCUT2D eigenvalue weighted by molar-refractivity contribution is 0.0271. The Morgan fingerprint density at radius 3 is 2.82 bits per heavy atom. The van der Waals surface area contributed by atoms with Crippen molar-refractivity contribution in [3.63, 3.8) is 0 Å². The number of hydrogen-bond acceptors (Lipinski definition) is 5. The van der Waals surface area contributed by atoms with Gasteiger partial charge in [-0.15, -0.1) is 0 Å². The van der Waals surface area contributed by atoms with Gasteiger partial charge in [-0.05, 0) is 68.5 Å². The molecule has 1 fully saturated rings. The molecule has 1 saturated carbocycles. The van der Waals surface area contributed by atoms with Gasteiger partial charge in [0.05, 0.1) is 29.7 Å². The zero-order valence-electron chi connectivity index (χ0n) is 19.8. The first-order valence-corrected chi connectivity index (χ1v) is 12.5. The van der Waals surface area contributed by atoms with Crippen LogP contribution in [0.25, 0.3) is 11.0 Å². The second-order valence-corrected chi connectivity index (χ2v) is 10.1. The molecule has 182 valence electrons. The van der Waals surface area contributed by atoms with Gasteiger partial charge < -0.3 is 15.2 Å². The summed E-state index contributed by atoms with van der Waals surface area (Å²) in [5.74, 6) is -0.567. The second-order valence-electron chi connectivity index (χ2n) is 9.15. The van der Waals surface area contributed by atoms with Gasteiger partial charge in [-0.1, -0.05) is 29.8 Å². The Hall–Kier alpha value is -2.49. The van der Waals surface area contributed by atoms with Gasteiger partial charge in [0.1, 0.15) is 5.52 Å². The van der Waals surface area contributed by atoms with Crippen molar-refractivity contribution in [3.8, 4) is 0 Å². The number of nitrogens with zero attached hydrogens (tertiary/aromatic N) is 2. The Labute approximate surface area is 207 Å². The number of aryl methyl sites for hydroxylation is 2. The van der Waals surface area contributed by atoms with Crippen LogP contribution in [0.1, 0.15) is 49.0 Å². The van der Waals surface area contributed by atoms with Gasteiger partial charge in [0.2, 0.25) is 0 Å². The van der Waals surface area contributed by atoms with Gasteiger partial charge in [0.15, 0.2) is 5.82 Å². The van der Waals surface area contributed by atoms with Gasteiger partial charge in [-0.3, -0.25) is 9.63 Å². The van der Waals surface area contributed by atoms with Crippen LogP contribution in [0.5, 0.6) is 0 Å². The average molecular weight is 532 g/mol. The van der Waals surface area contributed by atoms with Gasteiger partial charge in [0.25, 0.3) is 5.91 Å². The van der Waals surface area contributed by atoms with Crippen LogP contribution in [0, 0.1) is 18.7 Å². The van der Waals surface area contributed by atoms with Crippen molar-refractivity contribution in [2.75, 3.05) is 18.5 Å². The average Bonchev–Trinajstić information content (AvgIpc) is 3.52. The normalized spacial score (nSPS) is 13.6. The summed E-state index contributed by atoms with van der Waals surface area (Å²) in [5.41, 5.74) is 5.16. The summed E-state index contributed by atoms with van der Waals surface area (Å²) >= 11 is 3.45. The number of carbonyl (C=O) groups is 1. The summed E-state index contributed by atoms with van der Waals surface area (Å²) in [6.07, 6.45) is 4.70. The summed E-state index contributed by atoms with van der Waals surface area (Å²) in [7, 11) is 0. The Morgan fingerprint density at radius 1 is 1.32 bits per heavy atom. The van der Waals surface area contributed by atoms with E-state index in [-0.39, 0.29) is 16.8 Å². The smallest absolute Gasteiger partial charge is 0.277 e. The van der Waals surface area contributed by atoms with Crippen molar-refractivity contribution in [1.29, 1.82) is 0 Å². The van der Waals surface area contributed by atoms with Crippen LogP contribution in [0.15, 0.2) is 35.1 Å². The van der Waals surface area contributed by atoms with Crippen molar-refractivity contribution >= 4 is 44.2 Å². The maximum Gasteiger partial charge on any atom is 0.277 e. The largest absolute Gasteiger partial charge is 0.352 e. The Morgan fingerprint density at radius 2 is 2.12 bits per heavy atom. The third-order valence-corrected chi connectivity index (χ3v) is 6.35. The zero-order chi connectivity index (χ0) is 24.2. The maximum atomic E-state index is 15.8. The van der Waals surface area contributed by atoms with Gasteiger partial charge in [-0.2, -0.15) is 0 Å². The number of hydroxylamine groups is 1. The highest BCUT2D eigenvalue weighted by atomic mass is 79.9. The molecule has 1 aromatic heterocycles. The van der Waals surface area contributed by atoms with E-state index in [1.807, 2.05) is 29.7 Å². The third kappa shape index (κ3) is 5.95. The number of anilines is 2. The molecule has 0 bridgehead atoms. The maximum absolute atomic E-state index is 15.8. The van der Waals surface area contributed by atoms with Crippen LogP contribution in [0.2, 0.25) is 0 Å². The molecule has 0 saturated heterocycles. The first-order chi connectivity index (χ1) is 16.3. The molecule has 4 rings (SSSR count). The molecule has 2 aromatic carbocycles. The number of amides is 1. The number of benzene rings is 2. The molecule has 1 aliphatic rings. The van der Waals surface area contributed by atoms with E-state index in [4.69, 9.17) is 4.84 Å². The molecule has 7 nitrogen and oxygen atoms in total. The van der Waals surface area contributed by atoms with Crippen molar-refractivity contribution in [2.45, 2.75) is 52.6 Å². The molecule has 1 heterocycles. The zero-order valence-corrected chi connectivity index (χ0v) is 21.3. The van der Waals surface area contributed by atoms with Crippen LogP contribution in [0.4, 0.5) is 15.8 Å². The predicted octanol–water partition coefficient (Wildman–Crippen LogP) is 5.45. The van der Waals surface area contributed by atoms with E-state index >= 15 is 4.39 Å². The summed E-state index contributed by atoms with van der Waals surface area (Å²) in [4.78, 5) is 22.8. The molecule has 9 heteroatoms. The molecular formula is C25H31BrFN5O2. The highest BCUT2D eigenvalue weighted by Crippen LogP contribution is 2.33. The number of imidazole rings is 1. The van der Waals surface area contributed by atoms with Crippen LogP contribution in [-0.2, 0) is 11.4 Å². The fourth-order valence-corrected chi connectivity index (χ4v) is 4.22. The lowest BCUT2D eigenvalue weighted by Crippen LogP contribution is -2.26. The topological polar surface area (TPSA) is 80.2 Å². The Balaban J connectivity index is 1.66. The van der Waals surface area contributed by atoms with Crippen LogP contribution in [0.3, 0.4) is 0 Å². The number of hydrogen-bond donors (Lipinski definition) is 3. The minimum atomic E-state index is -0.564. The number of carbonyl (C=O) groups excluding carboxylic acids is 1. The molecule has 1 amide bonds. The van der Waals surface area contributed by atoms with E-state index in [0.717, 1.165) is 35.8 Å². The molecule has 0 radical (unpaired) electrons. The summed E-state index contributed by atoms with van der Waals surface area (Å²) in [5, 5.41) is 6.50. The number of nitrogens with one attached hydrogen (secondary N) is 3. The van der Waals surface area contributed by atoms with E-state index in [2.05, 4.69) is 50.9 Å². The third-order valence-electron chi connectivity index (χ3n) is 5.86. The predicted molar refractivity (Wildman–Crippen MR) is 136 cm³/mol. The fraction of sp³-hybridized carbons (Fsp3) is 0.440. The van der Waals surface area contributed by atoms with Crippen LogP contribution >= 0.6 is 15.9 Å². The summed E-state index contributed by atoms with van der Waals surface area (Å²) in [6.45, 7) is 8.08. The minimum Gasteiger partial charge on any atom is -0.352 e. The van der Waals surface area contributed by atoms with Crippen molar-refractivity contribution in [1.82, 2.24) is 20.3 Å². The number of rotatable bonds is 11. The van der Waals surface area contributed by atoms with E-state index in [0.29, 0.717) is 36.3 Å². The van der Waals surface area contributed by atoms with Crippen LogP contribution < -0.4 is 16.1 Å².